The Labute approximate surface area is 157 Å². The number of anilines is 2. The summed E-state index contributed by atoms with van der Waals surface area (Å²) in [6.45, 7) is 3.30. The van der Waals surface area contributed by atoms with E-state index in [0.717, 1.165) is 30.8 Å². The number of benzene rings is 1. The highest BCUT2D eigenvalue weighted by molar-refractivity contribution is 5.92. The summed E-state index contributed by atoms with van der Waals surface area (Å²) in [7, 11) is 0. The molecule has 1 amide bonds. The second kappa shape index (κ2) is 7.53. The average molecular weight is 363 g/mol. The first-order valence-electron chi connectivity index (χ1n) is 9.04. The summed E-state index contributed by atoms with van der Waals surface area (Å²) in [4.78, 5) is 19.1. The van der Waals surface area contributed by atoms with Crippen molar-refractivity contribution in [3.8, 4) is 5.69 Å². The first kappa shape index (κ1) is 17.1. The van der Waals surface area contributed by atoms with Crippen LogP contribution in [0.2, 0.25) is 0 Å². The van der Waals surface area contributed by atoms with Crippen LogP contribution in [0.5, 0.6) is 0 Å². The molecule has 0 radical (unpaired) electrons. The molecule has 1 aliphatic rings. The topological polar surface area (TPSA) is 88.8 Å². The summed E-state index contributed by atoms with van der Waals surface area (Å²) in [6, 6.07) is 15.4. The molecule has 3 aromatic rings. The Hall–Kier alpha value is -3.29. The van der Waals surface area contributed by atoms with Crippen molar-refractivity contribution in [1.29, 1.82) is 0 Å². The Morgan fingerprint density at radius 3 is 2.81 bits per heavy atom. The predicted molar refractivity (Wildman–Crippen MR) is 102 cm³/mol. The fourth-order valence-corrected chi connectivity index (χ4v) is 3.33. The maximum atomic E-state index is 12.7. The molecular formula is C19H21N7O. The van der Waals surface area contributed by atoms with E-state index in [-0.39, 0.29) is 11.8 Å². The van der Waals surface area contributed by atoms with Crippen molar-refractivity contribution in [3.63, 3.8) is 0 Å². The number of nitrogens with zero attached hydrogens (tertiary/aromatic N) is 6. The summed E-state index contributed by atoms with van der Waals surface area (Å²) in [5.74, 6) is 1.09. The van der Waals surface area contributed by atoms with Gasteiger partial charge in [-0.15, -0.1) is 0 Å². The molecule has 138 valence electrons. The second-order valence-electron chi connectivity index (χ2n) is 6.66. The van der Waals surface area contributed by atoms with E-state index in [9.17, 15) is 4.79 Å². The number of para-hydroxylation sites is 1. The molecule has 3 heterocycles. The lowest BCUT2D eigenvalue weighted by Crippen LogP contribution is -2.42. The number of rotatable bonds is 4. The number of hydrogen-bond acceptors (Lipinski definition) is 6. The standard InChI is InChI=1S/C19H21N7O/c1-14-7-5-11-17(20-14)21-18(27)15-8-6-12-25(13-15)19-22-23-24-26(19)16-9-3-2-4-10-16/h2-5,7,9-11,15H,6,8,12-13H2,1H3,(H,20,21,27)/t15-/m0/s1. The summed E-state index contributed by atoms with van der Waals surface area (Å²) in [5.41, 5.74) is 1.77. The van der Waals surface area contributed by atoms with E-state index in [1.54, 1.807) is 10.7 Å². The van der Waals surface area contributed by atoms with E-state index in [0.29, 0.717) is 18.3 Å². The zero-order chi connectivity index (χ0) is 18.6. The number of aromatic nitrogens is 5. The summed E-state index contributed by atoms with van der Waals surface area (Å²) < 4.78 is 1.71. The Morgan fingerprint density at radius 2 is 2.00 bits per heavy atom. The van der Waals surface area contributed by atoms with Crippen LogP contribution in [0, 0.1) is 12.8 Å². The molecule has 2 aromatic heterocycles. The fourth-order valence-electron chi connectivity index (χ4n) is 3.33. The smallest absolute Gasteiger partial charge is 0.250 e. The zero-order valence-corrected chi connectivity index (χ0v) is 15.1. The Balaban J connectivity index is 1.49. The molecule has 0 saturated carbocycles. The van der Waals surface area contributed by atoms with Crippen LogP contribution >= 0.6 is 0 Å². The lowest BCUT2D eigenvalue weighted by Gasteiger charge is -2.32. The first-order valence-corrected chi connectivity index (χ1v) is 9.04. The van der Waals surface area contributed by atoms with Crippen LogP contribution in [-0.4, -0.2) is 44.2 Å². The monoisotopic (exact) mass is 363 g/mol. The highest BCUT2D eigenvalue weighted by Gasteiger charge is 2.29. The lowest BCUT2D eigenvalue weighted by molar-refractivity contribution is -0.120. The Bertz CT molecular complexity index is 925. The van der Waals surface area contributed by atoms with Gasteiger partial charge in [0.2, 0.25) is 11.9 Å². The number of hydrogen-bond donors (Lipinski definition) is 1. The second-order valence-corrected chi connectivity index (χ2v) is 6.66. The van der Waals surface area contributed by atoms with Crippen molar-refractivity contribution in [2.24, 2.45) is 5.92 Å². The number of nitrogens with one attached hydrogen (secondary N) is 1. The molecule has 1 saturated heterocycles. The van der Waals surface area contributed by atoms with Gasteiger partial charge < -0.3 is 10.2 Å². The van der Waals surface area contributed by atoms with Crippen LogP contribution in [0.25, 0.3) is 5.69 Å². The maximum Gasteiger partial charge on any atom is 0.250 e. The van der Waals surface area contributed by atoms with Crippen LogP contribution in [-0.2, 0) is 4.79 Å². The van der Waals surface area contributed by atoms with Crippen molar-refractivity contribution >= 4 is 17.7 Å². The van der Waals surface area contributed by atoms with Crippen molar-refractivity contribution in [1.82, 2.24) is 25.2 Å². The largest absolute Gasteiger partial charge is 0.339 e. The summed E-state index contributed by atoms with van der Waals surface area (Å²) in [5, 5.41) is 15.1. The normalized spacial score (nSPS) is 16.9. The van der Waals surface area contributed by atoms with E-state index in [4.69, 9.17) is 0 Å². The van der Waals surface area contributed by atoms with Gasteiger partial charge in [0.1, 0.15) is 5.82 Å². The van der Waals surface area contributed by atoms with Crippen LogP contribution in [0.15, 0.2) is 48.5 Å². The van der Waals surface area contributed by atoms with E-state index in [2.05, 4.69) is 30.7 Å². The third kappa shape index (κ3) is 3.79. The number of pyridine rings is 1. The molecule has 1 N–H and O–H groups in total. The highest BCUT2D eigenvalue weighted by Crippen LogP contribution is 2.24. The molecule has 0 bridgehead atoms. The van der Waals surface area contributed by atoms with Crippen LogP contribution in [0.4, 0.5) is 11.8 Å². The van der Waals surface area contributed by atoms with Gasteiger partial charge in [0.05, 0.1) is 11.6 Å². The minimum Gasteiger partial charge on any atom is -0.339 e. The maximum absolute atomic E-state index is 12.7. The molecule has 1 fully saturated rings. The van der Waals surface area contributed by atoms with Gasteiger partial charge in [-0.3, -0.25) is 4.79 Å². The van der Waals surface area contributed by atoms with Gasteiger partial charge >= 0.3 is 0 Å². The summed E-state index contributed by atoms with van der Waals surface area (Å²) in [6.07, 6.45) is 1.74. The molecule has 8 heteroatoms. The molecule has 0 spiro atoms. The molecule has 0 unspecified atom stereocenters. The van der Waals surface area contributed by atoms with Crippen molar-refractivity contribution in [3.05, 3.63) is 54.2 Å². The number of piperidine rings is 1. The van der Waals surface area contributed by atoms with Crippen LogP contribution in [0.3, 0.4) is 0 Å². The molecule has 1 atom stereocenters. The van der Waals surface area contributed by atoms with Crippen LogP contribution in [0.1, 0.15) is 18.5 Å². The Kier molecular flexibility index (Phi) is 4.78. The van der Waals surface area contributed by atoms with Gasteiger partial charge in [0, 0.05) is 18.8 Å². The number of aryl methyl sites for hydroxylation is 1. The van der Waals surface area contributed by atoms with Crippen LogP contribution < -0.4 is 10.2 Å². The number of carbonyl (C=O) groups excluding carboxylic acids is 1. The van der Waals surface area contributed by atoms with Crippen molar-refractivity contribution in [2.45, 2.75) is 19.8 Å². The number of tetrazole rings is 1. The third-order valence-corrected chi connectivity index (χ3v) is 4.67. The van der Waals surface area contributed by atoms with Gasteiger partial charge in [-0.1, -0.05) is 29.4 Å². The van der Waals surface area contributed by atoms with E-state index in [1.165, 1.54) is 0 Å². The number of carbonyl (C=O) groups is 1. The van der Waals surface area contributed by atoms with Gasteiger partial charge in [-0.25, -0.2) is 4.98 Å². The average Bonchev–Trinajstić information content (AvgIpc) is 3.19. The van der Waals surface area contributed by atoms with Crippen molar-refractivity contribution in [2.75, 3.05) is 23.3 Å². The minimum absolute atomic E-state index is 0.0171. The molecular weight excluding hydrogens is 342 g/mol. The van der Waals surface area contributed by atoms with E-state index < -0.39 is 0 Å². The van der Waals surface area contributed by atoms with Gasteiger partial charge in [-0.05, 0) is 54.5 Å². The molecule has 27 heavy (non-hydrogen) atoms. The van der Waals surface area contributed by atoms with Crippen molar-refractivity contribution < 1.29 is 4.79 Å². The minimum atomic E-state index is -0.137. The molecule has 8 nitrogen and oxygen atoms in total. The van der Waals surface area contributed by atoms with Gasteiger partial charge in [0.25, 0.3) is 0 Å². The lowest BCUT2D eigenvalue weighted by atomic mass is 9.97. The predicted octanol–water partition coefficient (Wildman–Crippen LogP) is 2.22. The fraction of sp³-hybridized carbons (Fsp3) is 0.316. The van der Waals surface area contributed by atoms with Gasteiger partial charge in [-0.2, -0.15) is 4.68 Å². The zero-order valence-electron chi connectivity index (χ0n) is 15.1. The molecule has 0 aliphatic carbocycles. The molecule has 1 aliphatic heterocycles. The van der Waals surface area contributed by atoms with Gasteiger partial charge in [0.15, 0.2) is 0 Å². The molecule has 1 aromatic carbocycles. The summed E-state index contributed by atoms with van der Waals surface area (Å²) >= 11 is 0. The first-order chi connectivity index (χ1) is 13.2. The SMILES string of the molecule is Cc1cccc(NC(=O)[C@H]2CCCN(c3nnnn3-c3ccccc3)C2)n1. The number of amides is 1. The van der Waals surface area contributed by atoms with E-state index in [1.807, 2.05) is 49.4 Å². The quantitative estimate of drug-likeness (QED) is 0.765. The molecule has 4 rings (SSSR count). The van der Waals surface area contributed by atoms with E-state index >= 15 is 0 Å². The third-order valence-electron chi connectivity index (χ3n) is 4.67. The highest BCUT2D eigenvalue weighted by atomic mass is 16.2. The Morgan fingerprint density at radius 1 is 1.15 bits per heavy atom.